The Kier molecular flexibility index (Phi) is 5.49. The highest BCUT2D eigenvalue weighted by molar-refractivity contribution is 4.94. The fourth-order valence-corrected chi connectivity index (χ4v) is 3.86. The molecule has 2 atom stereocenters. The maximum absolute atomic E-state index is 6.15. The molecule has 118 valence electrons. The lowest BCUT2D eigenvalue weighted by Gasteiger charge is -2.45. The predicted octanol–water partition coefficient (Wildman–Crippen LogP) is 3.19. The molecule has 0 saturated carbocycles. The van der Waals surface area contributed by atoms with Gasteiger partial charge in [0.05, 0.1) is 5.60 Å². The fourth-order valence-electron chi connectivity index (χ4n) is 3.86. The smallest absolute Gasteiger partial charge is 0.0692 e. The third-order valence-electron chi connectivity index (χ3n) is 5.78. The largest absolute Gasteiger partial charge is 0.375 e. The van der Waals surface area contributed by atoms with E-state index in [9.17, 15) is 0 Å². The van der Waals surface area contributed by atoms with Crippen LogP contribution in [0.15, 0.2) is 0 Å². The van der Waals surface area contributed by atoms with Crippen molar-refractivity contribution in [2.24, 2.45) is 0 Å². The van der Waals surface area contributed by atoms with Gasteiger partial charge in [-0.25, -0.2) is 0 Å². The quantitative estimate of drug-likeness (QED) is 0.857. The van der Waals surface area contributed by atoms with E-state index in [0.29, 0.717) is 0 Å². The molecule has 0 amide bonds. The van der Waals surface area contributed by atoms with Crippen LogP contribution in [0.25, 0.3) is 0 Å². The van der Waals surface area contributed by atoms with Gasteiger partial charge in [0, 0.05) is 24.7 Å². The lowest BCUT2D eigenvalue weighted by molar-refractivity contribution is -0.111. The Morgan fingerprint density at radius 1 is 1.20 bits per heavy atom. The van der Waals surface area contributed by atoms with Gasteiger partial charge in [0.1, 0.15) is 0 Å². The molecule has 2 heterocycles. The normalized spacial score (nSPS) is 35.7. The lowest BCUT2D eigenvalue weighted by Crippen LogP contribution is -2.54. The first kappa shape index (κ1) is 16.3. The number of rotatable bonds is 4. The number of hydrogen-bond donors (Lipinski definition) is 1. The van der Waals surface area contributed by atoms with Crippen LogP contribution in [0.3, 0.4) is 0 Å². The molecule has 0 aliphatic carbocycles. The number of ether oxygens (including phenoxy) is 1. The fraction of sp³-hybridized carbons (Fsp3) is 1.00. The maximum atomic E-state index is 6.15. The Morgan fingerprint density at radius 2 is 1.95 bits per heavy atom. The van der Waals surface area contributed by atoms with Crippen LogP contribution in [0.5, 0.6) is 0 Å². The van der Waals surface area contributed by atoms with Gasteiger partial charge in [-0.05, 0) is 58.5 Å². The Hall–Kier alpha value is -0.120. The van der Waals surface area contributed by atoms with Gasteiger partial charge in [-0.2, -0.15) is 0 Å². The highest BCUT2D eigenvalue weighted by Gasteiger charge is 2.39. The number of nitrogens with zero attached hydrogens (tertiary/aromatic N) is 1. The monoisotopic (exact) mass is 282 g/mol. The van der Waals surface area contributed by atoms with Gasteiger partial charge >= 0.3 is 0 Å². The first-order valence-corrected chi connectivity index (χ1v) is 8.69. The van der Waals surface area contributed by atoms with E-state index >= 15 is 0 Å². The van der Waals surface area contributed by atoms with Crippen molar-refractivity contribution in [2.45, 2.75) is 83.4 Å². The summed E-state index contributed by atoms with van der Waals surface area (Å²) in [5, 5.41) is 3.75. The minimum Gasteiger partial charge on any atom is -0.375 e. The maximum Gasteiger partial charge on any atom is 0.0692 e. The molecule has 2 rings (SSSR count). The summed E-state index contributed by atoms with van der Waals surface area (Å²) in [6.45, 7) is 13.8. The number of hydrogen-bond acceptors (Lipinski definition) is 3. The summed E-state index contributed by atoms with van der Waals surface area (Å²) in [6, 6.07) is 0.717. The van der Waals surface area contributed by atoms with E-state index in [4.69, 9.17) is 4.74 Å². The summed E-state index contributed by atoms with van der Waals surface area (Å²) in [5.41, 5.74) is 0.432. The van der Waals surface area contributed by atoms with Gasteiger partial charge in [0.2, 0.25) is 0 Å². The molecular formula is C17H34N2O. The van der Waals surface area contributed by atoms with Crippen molar-refractivity contribution in [1.82, 2.24) is 10.2 Å². The van der Waals surface area contributed by atoms with E-state index in [1.807, 2.05) is 0 Å². The van der Waals surface area contributed by atoms with Crippen LogP contribution in [-0.2, 0) is 4.74 Å². The highest BCUT2D eigenvalue weighted by Crippen LogP contribution is 2.34. The molecule has 2 fully saturated rings. The van der Waals surface area contributed by atoms with Crippen LogP contribution < -0.4 is 5.32 Å². The van der Waals surface area contributed by atoms with Gasteiger partial charge < -0.3 is 10.1 Å². The summed E-state index contributed by atoms with van der Waals surface area (Å²) >= 11 is 0. The molecular weight excluding hydrogens is 248 g/mol. The second kappa shape index (κ2) is 6.76. The number of nitrogens with one attached hydrogen (secondary N) is 1. The minimum atomic E-state index is 0.144. The molecule has 0 aromatic rings. The molecule has 0 aromatic carbocycles. The zero-order valence-corrected chi connectivity index (χ0v) is 14.0. The SMILES string of the molecule is CCC1(C)CN(C2CCOC(CC)(CC)C2)CCCN1. The summed E-state index contributed by atoms with van der Waals surface area (Å²) in [5.74, 6) is 0. The molecule has 1 N–H and O–H groups in total. The lowest BCUT2D eigenvalue weighted by atomic mass is 9.84. The molecule has 2 saturated heterocycles. The third kappa shape index (κ3) is 3.55. The Morgan fingerprint density at radius 3 is 2.60 bits per heavy atom. The van der Waals surface area contributed by atoms with Crippen LogP contribution in [0.1, 0.15) is 66.2 Å². The van der Waals surface area contributed by atoms with E-state index in [1.54, 1.807) is 0 Å². The average Bonchev–Trinajstić information content (AvgIpc) is 2.70. The molecule has 0 aromatic heterocycles. The molecule has 20 heavy (non-hydrogen) atoms. The van der Waals surface area contributed by atoms with Crippen LogP contribution in [-0.4, -0.2) is 48.3 Å². The van der Waals surface area contributed by atoms with Crippen molar-refractivity contribution in [2.75, 3.05) is 26.2 Å². The molecule has 2 aliphatic heterocycles. The van der Waals surface area contributed by atoms with Gasteiger partial charge in [0.15, 0.2) is 0 Å². The van der Waals surface area contributed by atoms with Crippen LogP contribution in [0.4, 0.5) is 0 Å². The molecule has 0 radical (unpaired) electrons. The summed E-state index contributed by atoms with van der Waals surface area (Å²) in [4.78, 5) is 2.76. The van der Waals surface area contributed by atoms with Crippen molar-refractivity contribution in [3.63, 3.8) is 0 Å². The van der Waals surface area contributed by atoms with E-state index in [1.165, 1.54) is 38.8 Å². The highest BCUT2D eigenvalue weighted by atomic mass is 16.5. The average molecular weight is 282 g/mol. The zero-order chi connectivity index (χ0) is 14.6. The molecule has 0 spiro atoms. The van der Waals surface area contributed by atoms with E-state index in [2.05, 4.69) is 37.9 Å². The molecule has 2 unspecified atom stereocenters. The van der Waals surface area contributed by atoms with Crippen molar-refractivity contribution in [1.29, 1.82) is 0 Å². The Balaban J connectivity index is 2.05. The first-order chi connectivity index (χ1) is 9.56. The summed E-state index contributed by atoms with van der Waals surface area (Å²) < 4.78 is 6.15. The second-order valence-electron chi connectivity index (χ2n) is 7.05. The van der Waals surface area contributed by atoms with E-state index < -0.39 is 0 Å². The zero-order valence-electron chi connectivity index (χ0n) is 14.0. The van der Waals surface area contributed by atoms with Crippen LogP contribution in [0, 0.1) is 0 Å². The van der Waals surface area contributed by atoms with Crippen molar-refractivity contribution in [3.8, 4) is 0 Å². The van der Waals surface area contributed by atoms with Crippen molar-refractivity contribution in [3.05, 3.63) is 0 Å². The molecule has 3 nitrogen and oxygen atoms in total. The van der Waals surface area contributed by atoms with Crippen molar-refractivity contribution < 1.29 is 4.74 Å². The topological polar surface area (TPSA) is 24.5 Å². The van der Waals surface area contributed by atoms with E-state index in [-0.39, 0.29) is 11.1 Å². The Bertz CT molecular complexity index is 303. The summed E-state index contributed by atoms with van der Waals surface area (Å²) in [7, 11) is 0. The minimum absolute atomic E-state index is 0.144. The Labute approximate surface area is 125 Å². The van der Waals surface area contributed by atoms with E-state index in [0.717, 1.165) is 32.0 Å². The third-order valence-corrected chi connectivity index (χ3v) is 5.78. The first-order valence-electron chi connectivity index (χ1n) is 8.69. The molecule has 0 bridgehead atoms. The van der Waals surface area contributed by atoms with Crippen LogP contribution in [0.2, 0.25) is 0 Å². The summed E-state index contributed by atoms with van der Waals surface area (Å²) in [6.07, 6.45) is 7.22. The van der Waals surface area contributed by atoms with Gasteiger partial charge in [0.25, 0.3) is 0 Å². The van der Waals surface area contributed by atoms with Crippen LogP contribution >= 0.6 is 0 Å². The van der Waals surface area contributed by atoms with Gasteiger partial charge in [-0.1, -0.05) is 20.8 Å². The van der Waals surface area contributed by atoms with Gasteiger partial charge in [-0.3, -0.25) is 4.90 Å². The second-order valence-corrected chi connectivity index (χ2v) is 7.05. The molecule has 3 heteroatoms. The molecule has 2 aliphatic rings. The standard InChI is InChI=1S/C17H34N2O/c1-5-16(4)14-19(11-8-10-18-16)15-9-12-20-17(6-2,7-3)13-15/h15,18H,5-14H2,1-4H3. The predicted molar refractivity (Wildman–Crippen MR) is 85.2 cm³/mol. The van der Waals surface area contributed by atoms with Crippen molar-refractivity contribution >= 4 is 0 Å². The van der Waals surface area contributed by atoms with Gasteiger partial charge in [-0.15, -0.1) is 0 Å².